The maximum atomic E-state index is 5.59. The average molecular weight is 292 g/mol. The number of aromatic nitrogens is 2. The summed E-state index contributed by atoms with van der Waals surface area (Å²) in [5.41, 5.74) is 3.97. The number of hydrogen-bond acceptors (Lipinski definition) is 6. The predicted molar refractivity (Wildman–Crippen MR) is 87.5 cm³/mol. The Bertz CT molecular complexity index is 495. The standard InChI is InChI=1S/C15H28N6/c1-6-12-17-13(19-16)11(2)14(18-12)21(5)10-15(20(3)4)8-7-9-15/h6-10,16H2,1-5H3,(H,17,18,19). The molecule has 1 heterocycles. The molecule has 0 bridgehead atoms. The third kappa shape index (κ3) is 2.96. The van der Waals surface area contributed by atoms with Gasteiger partial charge in [0.05, 0.1) is 0 Å². The second kappa shape index (κ2) is 6.15. The minimum atomic E-state index is 0.273. The molecule has 21 heavy (non-hydrogen) atoms. The first-order chi connectivity index (χ1) is 9.93. The molecule has 3 N–H and O–H groups in total. The van der Waals surface area contributed by atoms with E-state index in [0.29, 0.717) is 0 Å². The zero-order valence-electron chi connectivity index (χ0n) is 13.9. The number of nitrogens with one attached hydrogen (secondary N) is 1. The summed E-state index contributed by atoms with van der Waals surface area (Å²) in [4.78, 5) is 13.7. The van der Waals surface area contributed by atoms with Gasteiger partial charge in [-0.2, -0.15) is 0 Å². The highest BCUT2D eigenvalue weighted by Crippen LogP contribution is 2.37. The molecule has 1 aliphatic rings. The van der Waals surface area contributed by atoms with Gasteiger partial charge in [0.15, 0.2) is 0 Å². The first-order valence-corrected chi connectivity index (χ1v) is 7.66. The Morgan fingerprint density at radius 3 is 2.33 bits per heavy atom. The molecule has 118 valence electrons. The highest BCUT2D eigenvalue weighted by atomic mass is 15.3. The smallest absolute Gasteiger partial charge is 0.148 e. The highest BCUT2D eigenvalue weighted by molar-refractivity contribution is 5.58. The van der Waals surface area contributed by atoms with Crippen molar-refractivity contribution in [1.82, 2.24) is 14.9 Å². The Kier molecular flexibility index (Phi) is 4.68. The van der Waals surface area contributed by atoms with Crippen molar-refractivity contribution in [1.29, 1.82) is 0 Å². The van der Waals surface area contributed by atoms with Crippen LogP contribution in [0, 0.1) is 6.92 Å². The molecule has 0 radical (unpaired) electrons. The maximum Gasteiger partial charge on any atom is 0.148 e. The number of rotatable bonds is 6. The molecule has 1 aromatic heterocycles. The summed E-state index contributed by atoms with van der Waals surface area (Å²) >= 11 is 0. The van der Waals surface area contributed by atoms with Crippen LogP contribution in [0.4, 0.5) is 11.6 Å². The van der Waals surface area contributed by atoms with Crippen LogP contribution in [0.25, 0.3) is 0 Å². The lowest BCUT2D eigenvalue weighted by Gasteiger charge is -2.49. The molecule has 0 saturated heterocycles. The number of hydrazine groups is 1. The molecule has 0 aromatic carbocycles. The van der Waals surface area contributed by atoms with Gasteiger partial charge in [0.25, 0.3) is 0 Å². The molecular weight excluding hydrogens is 264 g/mol. The van der Waals surface area contributed by atoms with Crippen LogP contribution in [-0.4, -0.2) is 48.1 Å². The van der Waals surface area contributed by atoms with Crippen molar-refractivity contribution in [3.63, 3.8) is 0 Å². The zero-order valence-corrected chi connectivity index (χ0v) is 13.9. The van der Waals surface area contributed by atoms with Gasteiger partial charge < -0.3 is 15.2 Å². The lowest BCUT2D eigenvalue weighted by atomic mass is 9.75. The fourth-order valence-electron chi connectivity index (χ4n) is 3.07. The number of anilines is 2. The monoisotopic (exact) mass is 292 g/mol. The Morgan fingerprint density at radius 1 is 1.24 bits per heavy atom. The van der Waals surface area contributed by atoms with Gasteiger partial charge in [-0.15, -0.1) is 0 Å². The summed E-state index contributed by atoms with van der Waals surface area (Å²) in [6.07, 6.45) is 4.60. The summed E-state index contributed by atoms with van der Waals surface area (Å²) in [6, 6.07) is 0. The molecule has 2 rings (SSSR count). The lowest BCUT2D eigenvalue weighted by molar-refractivity contribution is 0.0681. The van der Waals surface area contributed by atoms with Crippen molar-refractivity contribution in [2.45, 2.75) is 45.1 Å². The quantitative estimate of drug-likeness (QED) is 0.612. The van der Waals surface area contributed by atoms with E-state index in [0.717, 1.165) is 36.0 Å². The van der Waals surface area contributed by atoms with Crippen LogP contribution in [0.5, 0.6) is 0 Å². The van der Waals surface area contributed by atoms with Crippen LogP contribution in [0.1, 0.15) is 37.6 Å². The number of aryl methyl sites for hydroxylation is 1. The molecule has 0 spiro atoms. The van der Waals surface area contributed by atoms with Gasteiger partial charge in [-0.1, -0.05) is 6.92 Å². The fraction of sp³-hybridized carbons (Fsp3) is 0.733. The first kappa shape index (κ1) is 16.0. The minimum Gasteiger partial charge on any atom is -0.357 e. The van der Waals surface area contributed by atoms with Crippen molar-refractivity contribution in [3.05, 3.63) is 11.4 Å². The van der Waals surface area contributed by atoms with Crippen LogP contribution in [0.15, 0.2) is 0 Å². The molecule has 0 amide bonds. The van der Waals surface area contributed by atoms with Crippen LogP contribution in [0.3, 0.4) is 0 Å². The molecule has 1 saturated carbocycles. The Morgan fingerprint density at radius 2 is 1.90 bits per heavy atom. The molecular formula is C15H28N6. The van der Waals surface area contributed by atoms with E-state index in [1.165, 1.54) is 19.3 Å². The Balaban J connectivity index is 2.28. The molecule has 0 unspecified atom stereocenters. The summed E-state index contributed by atoms with van der Waals surface area (Å²) in [7, 11) is 6.45. The van der Waals surface area contributed by atoms with Crippen LogP contribution >= 0.6 is 0 Å². The normalized spacial score (nSPS) is 16.7. The van der Waals surface area contributed by atoms with Gasteiger partial charge in [-0.3, -0.25) is 0 Å². The van der Waals surface area contributed by atoms with E-state index in [4.69, 9.17) is 10.8 Å². The van der Waals surface area contributed by atoms with Crippen molar-refractivity contribution >= 4 is 11.6 Å². The highest BCUT2D eigenvalue weighted by Gasteiger charge is 2.40. The van der Waals surface area contributed by atoms with E-state index in [1.54, 1.807) is 0 Å². The van der Waals surface area contributed by atoms with E-state index >= 15 is 0 Å². The molecule has 1 aliphatic carbocycles. The third-order valence-electron chi connectivity index (χ3n) is 4.75. The van der Waals surface area contributed by atoms with Crippen molar-refractivity contribution < 1.29 is 0 Å². The molecule has 6 heteroatoms. The number of hydrogen-bond donors (Lipinski definition) is 2. The SMILES string of the molecule is CCc1nc(NN)c(C)c(N(C)CC2(N(C)C)CCC2)n1. The summed E-state index contributed by atoms with van der Waals surface area (Å²) in [5, 5.41) is 0. The van der Waals surface area contributed by atoms with Crippen molar-refractivity contribution in [2.75, 3.05) is 38.0 Å². The van der Waals surface area contributed by atoms with Gasteiger partial charge in [0.1, 0.15) is 17.5 Å². The summed E-state index contributed by atoms with van der Waals surface area (Å²) < 4.78 is 0. The van der Waals surface area contributed by atoms with Gasteiger partial charge >= 0.3 is 0 Å². The van der Waals surface area contributed by atoms with Gasteiger partial charge in [-0.05, 0) is 40.3 Å². The van der Waals surface area contributed by atoms with E-state index in [9.17, 15) is 0 Å². The van der Waals surface area contributed by atoms with Crippen LogP contribution < -0.4 is 16.2 Å². The largest absolute Gasteiger partial charge is 0.357 e. The lowest BCUT2D eigenvalue weighted by Crippen LogP contribution is -2.57. The summed E-state index contributed by atoms with van der Waals surface area (Å²) in [6.45, 7) is 5.05. The minimum absolute atomic E-state index is 0.273. The van der Waals surface area contributed by atoms with Gasteiger partial charge in [0.2, 0.25) is 0 Å². The van der Waals surface area contributed by atoms with Crippen molar-refractivity contribution in [2.24, 2.45) is 5.84 Å². The molecule has 1 aromatic rings. The maximum absolute atomic E-state index is 5.59. The van der Waals surface area contributed by atoms with Crippen molar-refractivity contribution in [3.8, 4) is 0 Å². The molecule has 1 fully saturated rings. The van der Waals surface area contributed by atoms with Gasteiger partial charge in [-0.25, -0.2) is 15.8 Å². The summed E-state index contributed by atoms with van der Waals surface area (Å²) in [5.74, 6) is 8.10. The fourth-order valence-corrected chi connectivity index (χ4v) is 3.07. The van der Waals surface area contributed by atoms with Gasteiger partial charge in [0, 0.05) is 31.1 Å². The molecule has 6 nitrogen and oxygen atoms in total. The number of likely N-dealkylation sites (N-methyl/N-ethyl adjacent to an activating group) is 2. The first-order valence-electron chi connectivity index (χ1n) is 7.66. The predicted octanol–water partition coefficient (Wildman–Crippen LogP) is 1.55. The number of nitrogen functional groups attached to an aromatic ring is 1. The topological polar surface area (TPSA) is 70.3 Å². The Labute approximate surface area is 127 Å². The van der Waals surface area contributed by atoms with Crippen LogP contribution in [-0.2, 0) is 6.42 Å². The zero-order chi connectivity index (χ0) is 15.6. The second-order valence-electron chi connectivity index (χ2n) is 6.26. The number of nitrogens with two attached hydrogens (primary N) is 1. The molecule has 0 aliphatic heterocycles. The van der Waals surface area contributed by atoms with E-state index in [2.05, 4.69) is 48.3 Å². The van der Waals surface area contributed by atoms with Crippen LogP contribution in [0.2, 0.25) is 0 Å². The number of nitrogens with zero attached hydrogens (tertiary/aromatic N) is 4. The second-order valence-corrected chi connectivity index (χ2v) is 6.26. The average Bonchev–Trinajstić information content (AvgIpc) is 2.42. The van der Waals surface area contributed by atoms with E-state index in [1.807, 2.05) is 6.92 Å². The van der Waals surface area contributed by atoms with E-state index < -0.39 is 0 Å². The molecule has 0 atom stereocenters. The Hall–Kier alpha value is -1.40. The van der Waals surface area contributed by atoms with E-state index in [-0.39, 0.29) is 5.54 Å². The third-order valence-corrected chi connectivity index (χ3v) is 4.75.